The number of thioether (sulfide) groups is 1. The number of nitrogens with one attached hydrogen (secondary N) is 1. The summed E-state index contributed by atoms with van der Waals surface area (Å²) >= 11 is 7.05. The molecule has 1 amide bonds. The van der Waals surface area contributed by atoms with E-state index in [9.17, 15) is 4.79 Å². The molecule has 0 aliphatic carbocycles. The monoisotopic (exact) mass is 330 g/mol. The van der Waals surface area contributed by atoms with Gasteiger partial charge in [0.05, 0.1) is 11.4 Å². The number of thiocarbonyl (C=S) groups is 1. The Bertz CT molecular complexity index is 365. The maximum absolute atomic E-state index is 12.4. The maximum Gasteiger partial charge on any atom is 0.233 e. The Morgan fingerprint density at radius 1 is 1.38 bits per heavy atom. The van der Waals surface area contributed by atoms with Crippen LogP contribution in [0.1, 0.15) is 39.5 Å². The normalized spacial score (nSPS) is 23.6. The number of rotatable bonds is 5. The molecule has 2 saturated heterocycles. The molecule has 2 fully saturated rings. The second kappa shape index (κ2) is 8.34. The molecule has 4 nitrogen and oxygen atoms in total. The van der Waals surface area contributed by atoms with Gasteiger partial charge in [-0.15, -0.1) is 0 Å². The van der Waals surface area contributed by atoms with Gasteiger partial charge in [0.1, 0.15) is 4.32 Å². The van der Waals surface area contributed by atoms with Crippen molar-refractivity contribution in [2.75, 3.05) is 26.2 Å². The lowest BCUT2D eigenvalue weighted by atomic mass is 10.1. The van der Waals surface area contributed by atoms with Crippen LogP contribution in [0.5, 0.6) is 0 Å². The molecular formula is C15H26N2O2S2. The number of hydrogen-bond acceptors (Lipinski definition) is 4. The Morgan fingerprint density at radius 2 is 2.10 bits per heavy atom. The molecule has 0 bridgehead atoms. The summed E-state index contributed by atoms with van der Waals surface area (Å²) in [5.74, 6) is 0.354. The zero-order valence-corrected chi connectivity index (χ0v) is 14.6. The van der Waals surface area contributed by atoms with E-state index in [-0.39, 0.29) is 23.2 Å². The summed E-state index contributed by atoms with van der Waals surface area (Å²) in [6, 6.07) is 0. The average Bonchev–Trinajstić information content (AvgIpc) is 3.13. The van der Waals surface area contributed by atoms with Crippen LogP contribution in [0, 0.1) is 5.92 Å². The number of hydrogen-bond donors (Lipinski definition) is 1. The van der Waals surface area contributed by atoms with Crippen molar-refractivity contribution in [1.29, 1.82) is 0 Å². The Labute approximate surface area is 137 Å². The Hall–Kier alpha value is -0.330. The second-order valence-electron chi connectivity index (χ2n) is 6.12. The van der Waals surface area contributed by atoms with E-state index in [1.165, 1.54) is 12.8 Å². The van der Waals surface area contributed by atoms with Crippen LogP contribution in [-0.4, -0.2) is 52.7 Å². The lowest BCUT2D eigenvalue weighted by Gasteiger charge is -2.25. The van der Waals surface area contributed by atoms with Crippen LogP contribution < -0.4 is 5.32 Å². The zero-order valence-electron chi connectivity index (χ0n) is 13.0. The van der Waals surface area contributed by atoms with Gasteiger partial charge in [-0.2, -0.15) is 0 Å². The Balaban J connectivity index is 1.81. The number of amides is 1. The van der Waals surface area contributed by atoms with E-state index in [0.29, 0.717) is 6.54 Å². The van der Waals surface area contributed by atoms with Crippen molar-refractivity contribution in [3.05, 3.63) is 0 Å². The van der Waals surface area contributed by atoms with Gasteiger partial charge in [0.25, 0.3) is 0 Å². The third-order valence-corrected chi connectivity index (χ3v) is 6.00. The first-order valence-electron chi connectivity index (χ1n) is 7.93. The van der Waals surface area contributed by atoms with Crippen molar-refractivity contribution in [1.82, 2.24) is 10.2 Å². The second-order valence-corrected chi connectivity index (χ2v) is 7.90. The topological polar surface area (TPSA) is 41.6 Å². The molecular weight excluding hydrogens is 304 g/mol. The van der Waals surface area contributed by atoms with Gasteiger partial charge in [0.2, 0.25) is 5.91 Å². The third kappa shape index (κ3) is 5.11. The fourth-order valence-corrected chi connectivity index (χ4v) is 4.20. The number of nitrogens with zero attached hydrogens (tertiary/aromatic N) is 1. The minimum atomic E-state index is -0.112. The van der Waals surface area contributed by atoms with Crippen LogP contribution in [0.2, 0.25) is 0 Å². The molecule has 0 unspecified atom stereocenters. The fraction of sp³-hybridized carbons (Fsp3) is 0.867. The highest BCUT2D eigenvalue weighted by atomic mass is 32.2. The van der Waals surface area contributed by atoms with E-state index in [2.05, 4.69) is 24.1 Å². The molecule has 2 aliphatic rings. The summed E-state index contributed by atoms with van der Waals surface area (Å²) in [4.78, 5) is 14.7. The molecule has 0 saturated carbocycles. The van der Waals surface area contributed by atoms with E-state index in [1.54, 1.807) is 11.8 Å². The van der Waals surface area contributed by atoms with Crippen LogP contribution in [0.25, 0.3) is 0 Å². The van der Waals surface area contributed by atoms with Crippen LogP contribution in [-0.2, 0) is 9.53 Å². The Kier molecular flexibility index (Phi) is 6.76. The molecule has 0 spiro atoms. The average molecular weight is 331 g/mol. The SMILES string of the molecule is CC(C)[C@@H](SC(=S)N1CCCC1)C(=O)NC[C@H]1CCCO1. The standard InChI is InChI=1S/C15H26N2O2S2/c1-11(2)13(21-15(20)17-7-3-4-8-17)14(18)16-10-12-6-5-9-19-12/h11-13H,3-10H2,1-2H3,(H,16,18)/t12-,13-/m1/s1. The highest BCUT2D eigenvalue weighted by Crippen LogP contribution is 2.25. The van der Waals surface area contributed by atoms with Crippen LogP contribution in [0.4, 0.5) is 0 Å². The predicted octanol–water partition coefficient (Wildman–Crippen LogP) is 2.42. The molecule has 2 atom stereocenters. The van der Waals surface area contributed by atoms with Crippen molar-refractivity contribution in [2.24, 2.45) is 5.92 Å². The lowest BCUT2D eigenvalue weighted by Crippen LogP contribution is -2.41. The minimum absolute atomic E-state index is 0.0899. The maximum atomic E-state index is 12.4. The first-order chi connectivity index (χ1) is 10.1. The smallest absolute Gasteiger partial charge is 0.233 e. The van der Waals surface area contributed by atoms with E-state index in [4.69, 9.17) is 17.0 Å². The molecule has 120 valence electrons. The van der Waals surface area contributed by atoms with Gasteiger partial charge >= 0.3 is 0 Å². The fourth-order valence-electron chi connectivity index (χ4n) is 2.70. The molecule has 21 heavy (non-hydrogen) atoms. The number of carbonyl (C=O) groups is 1. The van der Waals surface area contributed by atoms with Crippen molar-refractivity contribution in [2.45, 2.75) is 50.9 Å². The summed E-state index contributed by atoms with van der Waals surface area (Å²) in [7, 11) is 0. The van der Waals surface area contributed by atoms with E-state index < -0.39 is 0 Å². The summed E-state index contributed by atoms with van der Waals surface area (Å²) in [6.45, 7) is 7.68. The molecule has 2 aliphatic heterocycles. The molecule has 1 N–H and O–H groups in total. The summed E-state index contributed by atoms with van der Waals surface area (Å²) in [6.07, 6.45) is 4.75. The quantitative estimate of drug-likeness (QED) is 0.784. The van der Waals surface area contributed by atoms with Gasteiger partial charge in [-0.1, -0.05) is 37.8 Å². The van der Waals surface area contributed by atoms with Crippen molar-refractivity contribution in [3.8, 4) is 0 Å². The van der Waals surface area contributed by atoms with Crippen LogP contribution in [0.3, 0.4) is 0 Å². The van der Waals surface area contributed by atoms with Gasteiger partial charge in [-0.25, -0.2) is 0 Å². The van der Waals surface area contributed by atoms with Gasteiger partial charge in [0, 0.05) is 26.2 Å². The van der Waals surface area contributed by atoms with Crippen molar-refractivity contribution in [3.63, 3.8) is 0 Å². The van der Waals surface area contributed by atoms with Crippen LogP contribution >= 0.6 is 24.0 Å². The molecule has 2 rings (SSSR count). The van der Waals surface area contributed by atoms with Crippen molar-refractivity contribution >= 4 is 34.2 Å². The third-order valence-electron chi connectivity index (χ3n) is 3.98. The van der Waals surface area contributed by atoms with Gasteiger partial charge in [-0.3, -0.25) is 4.79 Å². The van der Waals surface area contributed by atoms with E-state index in [1.807, 2.05) is 0 Å². The highest BCUT2D eigenvalue weighted by molar-refractivity contribution is 8.23. The first kappa shape index (κ1) is 17.0. The summed E-state index contributed by atoms with van der Waals surface area (Å²) < 4.78 is 6.42. The highest BCUT2D eigenvalue weighted by Gasteiger charge is 2.28. The summed E-state index contributed by atoms with van der Waals surface area (Å²) in [5, 5.41) is 2.93. The lowest BCUT2D eigenvalue weighted by molar-refractivity contribution is -0.121. The molecule has 0 aromatic rings. The minimum Gasteiger partial charge on any atom is -0.376 e. The summed E-state index contributed by atoms with van der Waals surface area (Å²) in [5.41, 5.74) is 0. The number of carbonyl (C=O) groups excluding carboxylic acids is 1. The van der Waals surface area contributed by atoms with E-state index >= 15 is 0 Å². The van der Waals surface area contributed by atoms with Gasteiger partial charge < -0.3 is 15.0 Å². The van der Waals surface area contributed by atoms with Gasteiger partial charge in [0.15, 0.2) is 0 Å². The molecule has 0 aromatic carbocycles. The molecule has 2 heterocycles. The number of ether oxygens (including phenoxy) is 1. The predicted molar refractivity (Wildman–Crippen MR) is 91.6 cm³/mol. The largest absolute Gasteiger partial charge is 0.376 e. The van der Waals surface area contributed by atoms with Gasteiger partial charge in [-0.05, 0) is 31.6 Å². The zero-order chi connectivity index (χ0) is 15.2. The number of likely N-dealkylation sites (tertiary alicyclic amines) is 1. The van der Waals surface area contributed by atoms with Crippen LogP contribution in [0.15, 0.2) is 0 Å². The van der Waals surface area contributed by atoms with Crippen molar-refractivity contribution < 1.29 is 9.53 Å². The molecule has 0 aromatic heterocycles. The Morgan fingerprint density at radius 3 is 2.67 bits per heavy atom. The first-order valence-corrected chi connectivity index (χ1v) is 9.21. The molecule has 6 heteroatoms. The van der Waals surface area contributed by atoms with E-state index in [0.717, 1.165) is 36.9 Å². The molecule has 0 radical (unpaired) electrons.